The van der Waals surface area contributed by atoms with E-state index in [4.69, 9.17) is 0 Å². The maximum absolute atomic E-state index is 13.1. The molecule has 2 saturated heterocycles. The number of piperidine rings is 2. The van der Waals surface area contributed by atoms with Crippen molar-refractivity contribution in [2.45, 2.75) is 64.0 Å². The molecule has 2 aromatic heterocycles. The Labute approximate surface area is 173 Å². The second-order valence-corrected chi connectivity index (χ2v) is 8.28. The van der Waals surface area contributed by atoms with E-state index >= 15 is 0 Å². The van der Waals surface area contributed by atoms with E-state index in [1.54, 1.807) is 0 Å². The van der Waals surface area contributed by atoms with Crippen LogP contribution in [0.25, 0.3) is 0 Å². The van der Waals surface area contributed by atoms with Gasteiger partial charge in [-0.3, -0.25) is 14.5 Å². The van der Waals surface area contributed by atoms with Crippen LogP contribution in [0.1, 0.15) is 61.1 Å². The highest BCUT2D eigenvalue weighted by Gasteiger charge is 2.29. The second kappa shape index (κ2) is 9.96. The fraction of sp³-hybridized carbons (Fsp3) is 0.636. The Morgan fingerprint density at radius 1 is 1.03 bits per heavy atom. The zero-order chi connectivity index (χ0) is 19.9. The average Bonchev–Trinajstić information content (AvgIpc) is 3.26. The number of likely N-dealkylation sites (tertiary alicyclic amines) is 2. The topological polar surface area (TPSA) is 67.2 Å². The average molecular weight is 397 g/mol. The zero-order valence-electron chi connectivity index (χ0n) is 17.2. The molecule has 0 N–H and O–H groups in total. The summed E-state index contributed by atoms with van der Waals surface area (Å²) in [4.78, 5) is 22.0. The fourth-order valence-corrected chi connectivity index (χ4v) is 4.51. The molecule has 7 heteroatoms. The molecular weight excluding hydrogens is 364 g/mol. The van der Waals surface area contributed by atoms with Gasteiger partial charge in [-0.2, -0.15) is 0 Å². The van der Waals surface area contributed by atoms with Crippen LogP contribution in [0.5, 0.6) is 0 Å². The first kappa shape index (κ1) is 20.0. The van der Waals surface area contributed by atoms with Crippen LogP contribution in [0.4, 0.5) is 0 Å². The molecule has 2 aliphatic rings. The third kappa shape index (κ3) is 5.41. The van der Waals surface area contributed by atoms with Gasteiger partial charge in [-0.25, -0.2) is 0 Å². The molecule has 2 fully saturated rings. The van der Waals surface area contributed by atoms with Gasteiger partial charge in [0.15, 0.2) is 5.69 Å². The summed E-state index contributed by atoms with van der Waals surface area (Å²) in [5.41, 5.74) is 1.57. The zero-order valence-corrected chi connectivity index (χ0v) is 17.2. The molecule has 1 unspecified atom stereocenters. The van der Waals surface area contributed by atoms with E-state index in [0.29, 0.717) is 5.69 Å². The smallest absolute Gasteiger partial charge is 0.276 e. The molecule has 0 aromatic carbocycles. The number of carbonyl (C=O) groups excluding carboxylic acids is 1. The Balaban J connectivity index is 1.33. The van der Waals surface area contributed by atoms with E-state index in [9.17, 15) is 4.79 Å². The van der Waals surface area contributed by atoms with Gasteiger partial charge in [0.05, 0.1) is 12.7 Å². The molecule has 4 heterocycles. The Morgan fingerprint density at radius 3 is 2.72 bits per heavy atom. The first-order chi connectivity index (χ1) is 14.3. The molecule has 156 valence electrons. The van der Waals surface area contributed by atoms with E-state index in [1.165, 1.54) is 38.8 Å². The molecule has 2 aliphatic heterocycles. The van der Waals surface area contributed by atoms with Crippen molar-refractivity contribution in [3.8, 4) is 0 Å². The summed E-state index contributed by atoms with van der Waals surface area (Å²) in [7, 11) is 0. The minimum Gasteiger partial charge on any atom is -0.334 e. The predicted molar refractivity (Wildman–Crippen MR) is 112 cm³/mol. The van der Waals surface area contributed by atoms with Crippen molar-refractivity contribution in [1.29, 1.82) is 0 Å². The predicted octanol–water partition coefficient (Wildman–Crippen LogP) is 2.79. The number of aromatic nitrogens is 4. The van der Waals surface area contributed by atoms with Crippen LogP contribution in [0.3, 0.4) is 0 Å². The number of pyridine rings is 1. The van der Waals surface area contributed by atoms with Crippen molar-refractivity contribution < 1.29 is 4.79 Å². The van der Waals surface area contributed by atoms with Crippen LogP contribution in [0.2, 0.25) is 0 Å². The molecule has 0 radical (unpaired) electrons. The third-order valence-electron chi connectivity index (χ3n) is 6.20. The summed E-state index contributed by atoms with van der Waals surface area (Å²) in [6.07, 6.45) is 12.7. The Kier molecular flexibility index (Phi) is 6.87. The summed E-state index contributed by atoms with van der Waals surface area (Å²) < 4.78 is 1.83. The van der Waals surface area contributed by atoms with Gasteiger partial charge < -0.3 is 9.80 Å². The van der Waals surface area contributed by atoms with Crippen molar-refractivity contribution in [3.63, 3.8) is 0 Å². The van der Waals surface area contributed by atoms with Crippen molar-refractivity contribution in [1.82, 2.24) is 29.8 Å². The highest BCUT2D eigenvalue weighted by atomic mass is 16.2. The molecule has 0 saturated carbocycles. The number of nitrogens with zero attached hydrogens (tertiary/aromatic N) is 6. The van der Waals surface area contributed by atoms with Crippen molar-refractivity contribution in [3.05, 3.63) is 42.0 Å². The summed E-state index contributed by atoms with van der Waals surface area (Å²) >= 11 is 0. The van der Waals surface area contributed by atoms with Gasteiger partial charge in [-0.15, -0.1) is 5.10 Å². The van der Waals surface area contributed by atoms with Crippen LogP contribution < -0.4 is 0 Å². The van der Waals surface area contributed by atoms with Crippen LogP contribution in [0, 0.1) is 0 Å². The monoisotopic (exact) mass is 396 g/mol. The molecule has 0 bridgehead atoms. The summed E-state index contributed by atoms with van der Waals surface area (Å²) in [5, 5.41) is 8.42. The number of rotatable bonds is 7. The minimum absolute atomic E-state index is 0.0277. The van der Waals surface area contributed by atoms with E-state index < -0.39 is 0 Å². The van der Waals surface area contributed by atoms with Crippen molar-refractivity contribution >= 4 is 5.91 Å². The van der Waals surface area contributed by atoms with Gasteiger partial charge in [-0.05, 0) is 70.2 Å². The Hall–Kier alpha value is -2.28. The SMILES string of the molecule is O=C(c1cn(CCN2CCCCC2)nn1)N1CCCCC1CCc1ccccn1. The number of hydrogen-bond acceptors (Lipinski definition) is 5. The van der Waals surface area contributed by atoms with Gasteiger partial charge in [0.25, 0.3) is 5.91 Å². The Bertz CT molecular complexity index is 771. The quantitative estimate of drug-likeness (QED) is 0.720. The van der Waals surface area contributed by atoms with Gasteiger partial charge in [0, 0.05) is 31.0 Å². The van der Waals surface area contributed by atoms with Crippen molar-refractivity contribution in [2.24, 2.45) is 0 Å². The lowest BCUT2D eigenvalue weighted by molar-refractivity contribution is 0.0595. The maximum Gasteiger partial charge on any atom is 0.276 e. The summed E-state index contributed by atoms with van der Waals surface area (Å²) in [5.74, 6) is 0.0277. The normalized spacial score (nSPS) is 20.7. The molecule has 7 nitrogen and oxygen atoms in total. The first-order valence-electron chi connectivity index (χ1n) is 11.1. The second-order valence-electron chi connectivity index (χ2n) is 8.28. The van der Waals surface area contributed by atoms with Gasteiger partial charge in [0.2, 0.25) is 0 Å². The molecular formula is C22H32N6O. The van der Waals surface area contributed by atoms with Crippen LogP contribution in [-0.4, -0.2) is 67.9 Å². The standard InChI is InChI=1S/C22H32N6O/c29-22(21-18-27(25-24-21)17-16-26-13-5-1-6-14-26)28-15-7-3-9-20(28)11-10-19-8-2-4-12-23-19/h2,4,8,12,18,20H,1,3,5-7,9-11,13-17H2. The van der Waals surface area contributed by atoms with Crippen LogP contribution in [-0.2, 0) is 13.0 Å². The number of carbonyl (C=O) groups is 1. The lowest BCUT2D eigenvalue weighted by atomic mass is 9.96. The van der Waals surface area contributed by atoms with Crippen LogP contribution in [0.15, 0.2) is 30.6 Å². The highest BCUT2D eigenvalue weighted by molar-refractivity contribution is 5.92. The number of amides is 1. The molecule has 1 amide bonds. The molecule has 0 aliphatic carbocycles. The number of hydrogen-bond donors (Lipinski definition) is 0. The molecule has 4 rings (SSSR count). The largest absolute Gasteiger partial charge is 0.334 e. The molecule has 29 heavy (non-hydrogen) atoms. The Morgan fingerprint density at radius 2 is 1.90 bits per heavy atom. The lowest BCUT2D eigenvalue weighted by Crippen LogP contribution is -2.44. The van der Waals surface area contributed by atoms with E-state index in [1.807, 2.05) is 34.1 Å². The van der Waals surface area contributed by atoms with Gasteiger partial charge in [0.1, 0.15) is 0 Å². The molecule has 0 spiro atoms. The van der Waals surface area contributed by atoms with E-state index in [2.05, 4.69) is 26.3 Å². The number of aryl methyl sites for hydroxylation is 1. The minimum atomic E-state index is 0.0277. The van der Waals surface area contributed by atoms with Gasteiger partial charge >= 0.3 is 0 Å². The van der Waals surface area contributed by atoms with Crippen molar-refractivity contribution in [2.75, 3.05) is 26.2 Å². The summed E-state index contributed by atoms with van der Waals surface area (Å²) in [6.45, 7) is 4.93. The maximum atomic E-state index is 13.1. The summed E-state index contributed by atoms with van der Waals surface area (Å²) in [6, 6.07) is 6.28. The highest BCUT2D eigenvalue weighted by Crippen LogP contribution is 2.22. The fourth-order valence-electron chi connectivity index (χ4n) is 4.51. The van der Waals surface area contributed by atoms with E-state index in [-0.39, 0.29) is 11.9 Å². The van der Waals surface area contributed by atoms with Crippen LogP contribution >= 0.6 is 0 Å². The van der Waals surface area contributed by atoms with Gasteiger partial charge in [-0.1, -0.05) is 17.7 Å². The molecule has 1 atom stereocenters. The van der Waals surface area contributed by atoms with E-state index in [0.717, 1.165) is 51.0 Å². The third-order valence-corrected chi connectivity index (χ3v) is 6.20. The molecule has 2 aromatic rings. The lowest BCUT2D eigenvalue weighted by Gasteiger charge is -2.35. The first-order valence-corrected chi connectivity index (χ1v) is 11.1.